The molecule has 0 saturated carbocycles. The third-order valence-corrected chi connectivity index (χ3v) is 6.12. The summed E-state index contributed by atoms with van der Waals surface area (Å²) >= 11 is 0. The Kier molecular flexibility index (Phi) is 5.73. The van der Waals surface area contributed by atoms with E-state index in [-0.39, 0.29) is 29.0 Å². The van der Waals surface area contributed by atoms with Crippen LogP contribution in [0, 0.1) is 17.3 Å². The second kappa shape index (κ2) is 8.80. The number of nitrogens with one attached hydrogen (secondary N) is 1. The maximum absolute atomic E-state index is 14.0. The van der Waals surface area contributed by atoms with Crippen molar-refractivity contribution in [3.63, 3.8) is 0 Å². The predicted molar refractivity (Wildman–Crippen MR) is 114 cm³/mol. The van der Waals surface area contributed by atoms with Gasteiger partial charge in [-0.15, -0.1) is 5.10 Å². The van der Waals surface area contributed by atoms with Crippen molar-refractivity contribution in [3.05, 3.63) is 65.3 Å². The van der Waals surface area contributed by atoms with E-state index in [1.807, 2.05) is 0 Å². The topological polar surface area (TPSA) is 123 Å². The van der Waals surface area contributed by atoms with Gasteiger partial charge in [0.05, 0.1) is 34.6 Å². The lowest BCUT2D eigenvalue weighted by atomic mass is 9.82. The maximum Gasteiger partial charge on any atom is 0.388 e. The van der Waals surface area contributed by atoms with Crippen LogP contribution in [0.3, 0.4) is 0 Å². The van der Waals surface area contributed by atoms with E-state index >= 15 is 0 Å². The molecule has 37 heavy (non-hydrogen) atoms. The Balaban J connectivity index is 1.54. The minimum absolute atomic E-state index is 0.0273. The number of rotatable bonds is 6. The number of nitriles is 1. The SMILES string of the molecule is C[C@@]1(c2ccn(C(F)F)n2)C[C@@H](C(=O)Nc2cnc(OC(F)F)c(C#N)c2)c2cnc3cc(F)nn3c21. The highest BCUT2D eigenvalue weighted by atomic mass is 19.3. The number of aromatic nitrogens is 6. The van der Waals surface area contributed by atoms with E-state index in [1.165, 1.54) is 16.8 Å². The molecule has 0 radical (unpaired) electrons. The molecule has 5 rings (SSSR count). The average Bonchev–Trinajstić information content (AvgIpc) is 3.55. The molecule has 10 nitrogen and oxygen atoms in total. The van der Waals surface area contributed by atoms with Crippen LogP contribution in [0.2, 0.25) is 0 Å². The van der Waals surface area contributed by atoms with Gasteiger partial charge in [0.1, 0.15) is 11.6 Å². The number of anilines is 1. The van der Waals surface area contributed by atoms with E-state index in [9.17, 15) is 32.0 Å². The largest absolute Gasteiger partial charge is 0.415 e. The number of hydrogen-bond donors (Lipinski definition) is 1. The summed E-state index contributed by atoms with van der Waals surface area (Å²) in [6, 6.07) is 5.25. The first kappa shape index (κ1) is 24.1. The van der Waals surface area contributed by atoms with Gasteiger partial charge in [0, 0.05) is 24.0 Å². The van der Waals surface area contributed by atoms with Gasteiger partial charge in [-0.25, -0.2) is 19.2 Å². The molecule has 2 atom stereocenters. The van der Waals surface area contributed by atoms with Crippen LogP contribution < -0.4 is 10.1 Å². The number of alkyl halides is 4. The highest BCUT2D eigenvalue weighted by molar-refractivity contribution is 5.97. The van der Waals surface area contributed by atoms with Crippen LogP contribution in [-0.2, 0) is 10.2 Å². The van der Waals surface area contributed by atoms with E-state index in [2.05, 4.69) is 30.2 Å². The first-order valence-corrected chi connectivity index (χ1v) is 10.6. The molecule has 0 saturated heterocycles. The van der Waals surface area contributed by atoms with Crippen molar-refractivity contribution in [1.29, 1.82) is 5.26 Å². The van der Waals surface area contributed by atoms with Crippen molar-refractivity contribution in [3.8, 4) is 11.9 Å². The van der Waals surface area contributed by atoms with Crippen LogP contribution in [0.1, 0.15) is 48.3 Å². The minimum Gasteiger partial charge on any atom is -0.415 e. The van der Waals surface area contributed by atoms with Gasteiger partial charge >= 0.3 is 13.2 Å². The lowest BCUT2D eigenvalue weighted by Gasteiger charge is -2.23. The molecule has 0 unspecified atom stereocenters. The minimum atomic E-state index is -3.20. The third kappa shape index (κ3) is 4.09. The molecule has 1 N–H and O–H groups in total. The van der Waals surface area contributed by atoms with Gasteiger partial charge in [0.2, 0.25) is 17.7 Å². The second-order valence-corrected chi connectivity index (χ2v) is 8.40. The molecular weight excluding hydrogens is 503 g/mol. The Hall–Kier alpha value is -4.61. The maximum atomic E-state index is 14.0. The molecule has 1 aliphatic carbocycles. The van der Waals surface area contributed by atoms with Crippen LogP contribution in [0.5, 0.6) is 5.88 Å². The van der Waals surface area contributed by atoms with Gasteiger partial charge < -0.3 is 10.1 Å². The zero-order valence-corrected chi connectivity index (χ0v) is 18.7. The fourth-order valence-electron chi connectivity index (χ4n) is 4.55. The van der Waals surface area contributed by atoms with Gasteiger partial charge in [-0.3, -0.25) is 4.79 Å². The molecule has 4 aromatic heterocycles. The molecular formula is C22H15F5N8O2. The molecule has 0 bridgehead atoms. The number of carbonyl (C=O) groups is 1. The number of pyridine rings is 1. The highest BCUT2D eigenvalue weighted by Gasteiger charge is 2.48. The average molecular weight is 518 g/mol. The van der Waals surface area contributed by atoms with Crippen molar-refractivity contribution in [1.82, 2.24) is 29.4 Å². The van der Waals surface area contributed by atoms with Crippen LogP contribution in [0.4, 0.5) is 27.6 Å². The smallest absolute Gasteiger partial charge is 0.388 e. The predicted octanol–water partition coefficient (Wildman–Crippen LogP) is 3.76. The quantitative estimate of drug-likeness (QED) is 0.386. The number of halogens is 5. The lowest BCUT2D eigenvalue weighted by molar-refractivity contribution is -0.117. The summed E-state index contributed by atoms with van der Waals surface area (Å²) in [5.41, 5.74) is -0.403. The van der Waals surface area contributed by atoms with E-state index in [0.29, 0.717) is 15.9 Å². The van der Waals surface area contributed by atoms with Crippen molar-refractivity contribution < 1.29 is 31.5 Å². The Morgan fingerprint density at radius 2 is 2.03 bits per heavy atom. The summed E-state index contributed by atoms with van der Waals surface area (Å²) in [6.45, 7) is -4.42. The van der Waals surface area contributed by atoms with Crippen molar-refractivity contribution in [2.24, 2.45) is 0 Å². The van der Waals surface area contributed by atoms with Gasteiger partial charge in [0.15, 0.2) is 5.65 Å². The number of nitrogens with zero attached hydrogens (tertiary/aromatic N) is 7. The van der Waals surface area contributed by atoms with Crippen LogP contribution in [-0.4, -0.2) is 41.9 Å². The Morgan fingerprint density at radius 1 is 1.24 bits per heavy atom. The normalized spacial score (nSPS) is 18.8. The molecule has 4 aromatic rings. The fourth-order valence-corrected chi connectivity index (χ4v) is 4.55. The van der Waals surface area contributed by atoms with E-state index in [4.69, 9.17) is 0 Å². The van der Waals surface area contributed by atoms with Crippen LogP contribution >= 0.6 is 0 Å². The summed E-state index contributed by atoms with van der Waals surface area (Å²) in [4.78, 5) is 21.2. The first-order valence-electron chi connectivity index (χ1n) is 10.6. The first-order chi connectivity index (χ1) is 17.6. The lowest BCUT2D eigenvalue weighted by Crippen LogP contribution is -2.26. The Morgan fingerprint density at radius 3 is 2.70 bits per heavy atom. The van der Waals surface area contributed by atoms with E-state index in [1.54, 1.807) is 13.0 Å². The van der Waals surface area contributed by atoms with Gasteiger partial charge in [-0.05, 0) is 25.5 Å². The van der Waals surface area contributed by atoms with Crippen LogP contribution in [0.25, 0.3) is 5.65 Å². The van der Waals surface area contributed by atoms with E-state index in [0.717, 1.165) is 24.5 Å². The molecule has 15 heteroatoms. The number of amides is 1. The number of hydrogen-bond acceptors (Lipinski definition) is 7. The van der Waals surface area contributed by atoms with Gasteiger partial charge in [0.25, 0.3) is 0 Å². The van der Waals surface area contributed by atoms with Crippen molar-refractivity contribution in [2.75, 3.05) is 5.32 Å². The summed E-state index contributed by atoms with van der Waals surface area (Å²) in [7, 11) is 0. The molecule has 0 spiro atoms. The molecule has 0 aliphatic heterocycles. The monoisotopic (exact) mass is 518 g/mol. The molecule has 0 aromatic carbocycles. The molecule has 0 fully saturated rings. The summed E-state index contributed by atoms with van der Waals surface area (Å²) < 4.78 is 71.4. The second-order valence-electron chi connectivity index (χ2n) is 8.40. The zero-order chi connectivity index (χ0) is 26.5. The summed E-state index contributed by atoms with van der Waals surface area (Å²) in [5, 5.41) is 19.6. The third-order valence-electron chi connectivity index (χ3n) is 6.12. The standard InChI is InChI=1S/C22H15F5N8O2/c1-22(14-2-3-34(32-14)20(24)25)6-12(13-9-29-16-5-15(23)33-35(16)17(13)22)18(36)31-11-4-10(7-28)19(30-8-11)37-21(26)27/h2-5,8-9,12,20-21H,6H2,1H3,(H,31,36)/t12-,22+/m1/s1. The summed E-state index contributed by atoms with van der Waals surface area (Å²) in [5.74, 6) is -2.95. The van der Waals surface area contributed by atoms with Gasteiger partial charge in [-0.1, -0.05) is 0 Å². The number of fused-ring (bicyclic) bond motifs is 3. The van der Waals surface area contributed by atoms with Crippen molar-refractivity contribution in [2.45, 2.75) is 37.8 Å². The molecule has 190 valence electrons. The molecule has 4 heterocycles. The van der Waals surface area contributed by atoms with Gasteiger partial charge in [-0.2, -0.15) is 32.3 Å². The van der Waals surface area contributed by atoms with E-state index < -0.39 is 42.2 Å². The number of carbonyl (C=O) groups excluding carboxylic acids is 1. The molecule has 1 amide bonds. The Bertz CT molecular complexity index is 1560. The highest BCUT2D eigenvalue weighted by Crippen LogP contribution is 2.49. The fraction of sp³-hybridized carbons (Fsp3) is 0.273. The van der Waals surface area contributed by atoms with Crippen molar-refractivity contribution >= 4 is 17.2 Å². The van der Waals surface area contributed by atoms with Crippen LogP contribution in [0.15, 0.2) is 36.8 Å². The number of ether oxygens (including phenoxy) is 1. The Labute approximate surface area is 204 Å². The molecule has 1 aliphatic rings. The zero-order valence-electron chi connectivity index (χ0n) is 18.7. The summed E-state index contributed by atoms with van der Waals surface area (Å²) in [6.07, 6.45) is 3.55.